The molecule has 0 spiro atoms. The van der Waals surface area contributed by atoms with Gasteiger partial charge in [0.15, 0.2) is 18.5 Å². The fourth-order valence-electron chi connectivity index (χ4n) is 1.59. The normalized spacial score (nSPS) is 49.2. The zero-order valence-corrected chi connectivity index (χ0v) is 6.91. The predicted octanol–water partition coefficient (Wildman–Crippen LogP) is -2.00. The second-order valence-corrected chi connectivity index (χ2v) is 3.04. The number of aliphatic hydroxyl groups is 2. The highest BCUT2D eigenvalue weighted by Crippen LogP contribution is 2.31. The molecule has 2 aliphatic heterocycles. The lowest BCUT2D eigenvalue weighted by Gasteiger charge is -2.14. The largest absolute Gasteiger partial charge is 0.454 e. The summed E-state index contributed by atoms with van der Waals surface area (Å²) < 4.78 is 14.5. The molecular weight excluding hydrogens is 180 g/mol. The van der Waals surface area contributed by atoms with Crippen LogP contribution in [0.5, 0.6) is 0 Å². The highest BCUT2D eigenvalue weighted by molar-refractivity contribution is 5.78. The van der Waals surface area contributed by atoms with E-state index in [2.05, 4.69) is 0 Å². The van der Waals surface area contributed by atoms with Crippen molar-refractivity contribution in [3.05, 3.63) is 0 Å². The lowest BCUT2D eigenvalue weighted by Crippen LogP contribution is -2.32. The third-order valence-corrected chi connectivity index (χ3v) is 2.27. The van der Waals surface area contributed by atoms with Gasteiger partial charge in [0.2, 0.25) is 0 Å². The van der Waals surface area contributed by atoms with Crippen molar-refractivity contribution >= 4 is 5.97 Å². The molecule has 0 unspecified atom stereocenters. The van der Waals surface area contributed by atoms with Gasteiger partial charge in [0.1, 0.15) is 12.2 Å². The summed E-state index contributed by atoms with van der Waals surface area (Å²) in [5.74, 6) is -0.761. The molecule has 0 aromatic carbocycles. The third kappa shape index (κ3) is 1.14. The van der Waals surface area contributed by atoms with Crippen molar-refractivity contribution in [3.63, 3.8) is 0 Å². The third-order valence-electron chi connectivity index (χ3n) is 2.27. The van der Waals surface area contributed by atoms with Gasteiger partial charge in [0.05, 0.1) is 0 Å². The van der Waals surface area contributed by atoms with Gasteiger partial charge in [-0.1, -0.05) is 0 Å². The topological polar surface area (TPSA) is 85.2 Å². The number of rotatable bonds is 1. The molecule has 2 heterocycles. The van der Waals surface area contributed by atoms with E-state index >= 15 is 0 Å². The van der Waals surface area contributed by atoms with Gasteiger partial charge in [0.25, 0.3) is 0 Å². The molecule has 0 amide bonds. The molecule has 0 saturated carbocycles. The molecule has 13 heavy (non-hydrogen) atoms. The van der Waals surface area contributed by atoms with Gasteiger partial charge in [-0.3, -0.25) is 0 Å². The van der Waals surface area contributed by atoms with E-state index in [1.54, 1.807) is 0 Å². The van der Waals surface area contributed by atoms with Crippen LogP contribution in [0.1, 0.15) is 0 Å². The fraction of sp³-hybridized carbons (Fsp3) is 0.857. The van der Waals surface area contributed by atoms with Crippen molar-refractivity contribution in [2.24, 2.45) is 0 Å². The van der Waals surface area contributed by atoms with Crippen LogP contribution in [0, 0.1) is 0 Å². The summed E-state index contributed by atoms with van der Waals surface area (Å²) >= 11 is 0. The first-order chi connectivity index (χ1) is 6.15. The van der Waals surface area contributed by atoms with Gasteiger partial charge >= 0.3 is 5.97 Å². The van der Waals surface area contributed by atoms with Crippen LogP contribution in [0.15, 0.2) is 0 Å². The second-order valence-electron chi connectivity index (χ2n) is 3.04. The van der Waals surface area contributed by atoms with E-state index in [9.17, 15) is 15.0 Å². The fourth-order valence-corrected chi connectivity index (χ4v) is 1.59. The monoisotopic (exact) mass is 190 g/mol. The van der Waals surface area contributed by atoms with E-state index in [1.807, 2.05) is 0 Å². The van der Waals surface area contributed by atoms with Crippen molar-refractivity contribution in [2.75, 3.05) is 7.11 Å². The Morgan fingerprint density at radius 2 is 2.08 bits per heavy atom. The zero-order chi connectivity index (χ0) is 9.59. The van der Waals surface area contributed by atoms with Crippen LogP contribution in [-0.2, 0) is 19.0 Å². The number of fused-ring (bicyclic) bond motifs is 1. The van der Waals surface area contributed by atoms with Gasteiger partial charge in [0, 0.05) is 7.11 Å². The number of ether oxygens (including phenoxy) is 3. The summed E-state index contributed by atoms with van der Waals surface area (Å²) in [6, 6.07) is 0. The van der Waals surface area contributed by atoms with Crippen molar-refractivity contribution in [3.8, 4) is 0 Å². The standard InChI is InChI=1S/C7H10O6/c1-11-7-3(9)5-4(13-7)2(8)6(10)12-5/h2-5,7-9H,1H3/t2-,3+,4-,5-,7+/m0/s1. The van der Waals surface area contributed by atoms with Crippen LogP contribution in [0.2, 0.25) is 0 Å². The molecule has 5 atom stereocenters. The molecule has 2 aliphatic rings. The minimum atomic E-state index is -1.32. The first-order valence-electron chi connectivity index (χ1n) is 3.90. The molecule has 6 heteroatoms. The smallest absolute Gasteiger partial charge is 0.338 e. The van der Waals surface area contributed by atoms with E-state index in [0.29, 0.717) is 0 Å². The SMILES string of the molecule is CO[C@@H]1O[C@@H]2[C@@H](OC(=O)[C@H]2O)[C@H]1O. The molecular formula is C7H10O6. The minimum Gasteiger partial charge on any atom is -0.454 e. The summed E-state index contributed by atoms with van der Waals surface area (Å²) in [5, 5.41) is 18.7. The number of hydrogen-bond acceptors (Lipinski definition) is 6. The van der Waals surface area contributed by atoms with Crippen LogP contribution in [0.25, 0.3) is 0 Å². The molecule has 0 aliphatic carbocycles. The second kappa shape index (κ2) is 2.91. The summed E-state index contributed by atoms with van der Waals surface area (Å²) in [6.07, 6.45) is -4.81. The maximum Gasteiger partial charge on any atom is 0.338 e. The minimum absolute atomic E-state index is 0.761. The first kappa shape index (κ1) is 8.89. The van der Waals surface area contributed by atoms with Crippen LogP contribution in [-0.4, -0.2) is 54.0 Å². The zero-order valence-electron chi connectivity index (χ0n) is 6.91. The Balaban J connectivity index is 2.14. The Labute approximate surface area is 74.0 Å². The van der Waals surface area contributed by atoms with E-state index in [0.717, 1.165) is 0 Å². The van der Waals surface area contributed by atoms with Crippen LogP contribution >= 0.6 is 0 Å². The van der Waals surface area contributed by atoms with Gasteiger partial charge in [-0.15, -0.1) is 0 Å². The van der Waals surface area contributed by atoms with Gasteiger partial charge in [-0.05, 0) is 0 Å². The summed E-state index contributed by atoms with van der Waals surface area (Å²) in [6.45, 7) is 0. The van der Waals surface area contributed by atoms with Crippen LogP contribution in [0.4, 0.5) is 0 Å². The maximum absolute atomic E-state index is 10.8. The Bertz CT molecular complexity index is 229. The Kier molecular flexibility index (Phi) is 1.99. The molecule has 74 valence electrons. The molecule has 2 fully saturated rings. The highest BCUT2D eigenvalue weighted by Gasteiger charge is 2.56. The Hall–Kier alpha value is -0.690. The predicted molar refractivity (Wildman–Crippen MR) is 37.6 cm³/mol. The summed E-state index contributed by atoms with van der Waals surface area (Å²) in [7, 11) is 1.36. The molecule has 2 saturated heterocycles. The van der Waals surface area contributed by atoms with Crippen LogP contribution < -0.4 is 0 Å². The molecule has 2 rings (SSSR count). The molecule has 6 nitrogen and oxygen atoms in total. The van der Waals surface area contributed by atoms with E-state index < -0.39 is 36.7 Å². The number of methoxy groups -OCH3 is 1. The first-order valence-corrected chi connectivity index (χ1v) is 3.90. The number of carbonyl (C=O) groups excluding carboxylic acids is 1. The summed E-state index contributed by atoms with van der Waals surface area (Å²) in [5.41, 5.74) is 0. The Morgan fingerprint density at radius 3 is 2.62 bits per heavy atom. The average Bonchev–Trinajstić information content (AvgIpc) is 2.56. The molecule has 0 bridgehead atoms. The van der Waals surface area contributed by atoms with E-state index in [4.69, 9.17) is 14.2 Å². The van der Waals surface area contributed by atoms with Crippen molar-refractivity contribution in [1.82, 2.24) is 0 Å². The molecule has 2 N–H and O–H groups in total. The lowest BCUT2D eigenvalue weighted by atomic mass is 10.1. The number of aliphatic hydroxyl groups excluding tert-OH is 2. The molecule has 0 aromatic rings. The van der Waals surface area contributed by atoms with Gasteiger partial charge in [-0.25, -0.2) is 4.79 Å². The van der Waals surface area contributed by atoms with Gasteiger partial charge < -0.3 is 24.4 Å². The summed E-state index contributed by atoms with van der Waals surface area (Å²) in [4.78, 5) is 10.8. The Morgan fingerprint density at radius 1 is 1.38 bits per heavy atom. The number of carbonyl (C=O) groups is 1. The van der Waals surface area contributed by atoms with Crippen molar-refractivity contribution in [2.45, 2.75) is 30.7 Å². The molecule has 0 aromatic heterocycles. The average molecular weight is 190 g/mol. The van der Waals surface area contributed by atoms with Crippen molar-refractivity contribution < 1.29 is 29.2 Å². The number of hydrogen-bond donors (Lipinski definition) is 2. The highest BCUT2D eigenvalue weighted by atomic mass is 16.7. The lowest BCUT2D eigenvalue weighted by molar-refractivity contribution is -0.177. The maximum atomic E-state index is 10.8. The van der Waals surface area contributed by atoms with Crippen molar-refractivity contribution in [1.29, 1.82) is 0 Å². The van der Waals surface area contributed by atoms with E-state index in [1.165, 1.54) is 7.11 Å². The van der Waals surface area contributed by atoms with E-state index in [-0.39, 0.29) is 0 Å². The van der Waals surface area contributed by atoms with Gasteiger partial charge in [-0.2, -0.15) is 0 Å². The van der Waals surface area contributed by atoms with Crippen LogP contribution in [0.3, 0.4) is 0 Å². The number of esters is 1. The molecule has 0 radical (unpaired) electrons. The quantitative estimate of drug-likeness (QED) is 0.465.